The van der Waals surface area contributed by atoms with Gasteiger partial charge in [-0.05, 0) is 0 Å². The predicted octanol–water partition coefficient (Wildman–Crippen LogP) is 2.20. The summed E-state index contributed by atoms with van der Waals surface area (Å²) in [6.07, 6.45) is 3.10. The summed E-state index contributed by atoms with van der Waals surface area (Å²) in [4.78, 5) is 7.42. The SMILES string of the molecule is CC.CCc1ncc(F)cn1. The van der Waals surface area contributed by atoms with E-state index in [1.807, 2.05) is 20.8 Å². The van der Waals surface area contributed by atoms with Gasteiger partial charge in [-0.25, -0.2) is 14.4 Å². The van der Waals surface area contributed by atoms with E-state index >= 15 is 0 Å². The van der Waals surface area contributed by atoms with Crippen molar-refractivity contribution in [2.24, 2.45) is 0 Å². The summed E-state index contributed by atoms with van der Waals surface area (Å²) in [5.41, 5.74) is 0. The first-order valence-corrected chi connectivity index (χ1v) is 3.79. The topological polar surface area (TPSA) is 25.8 Å². The van der Waals surface area contributed by atoms with Crippen LogP contribution in [0.1, 0.15) is 26.6 Å². The lowest BCUT2D eigenvalue weighted by molar-refractivity contribution is 0.609. The van der Waals surface area contributed by atoms with Crippen molar-refractivity contribution in [2.75, 3.05) is 0 Å². The predicted molar refractivity (Wildman–Crippen MR) is 42.7 cm³/mol. The Kier molecular flexibility index (Phi) is 5.25. The van der Waals surface area contributed by atoms with Gasteiger partial charge in [0.05, 0.1) is 12.4 Å². The highest BCUT2D eigenvalue weighted by Crippen LogP contribution is 1.92. The lowest BCUT2D eigenvalue weighted by atomic mass is 10.4. The Balaban J connectivity index is 0.000000461. The lowest BCUT2D eigenvalue weighted by Gasteiger charge is -1.90. The van der Waals surface area contributed by atoms with Gasteiger partial charge in [0.25, 0.3) is 0 Å². The summed E-state index contributed by atoms with van der Waals surface area (Å²) in [5, 5.41) is 0. The van der Waals surface area contributed by atoms with E-state index in [0.29, 0.717) is 5.82 Å². The normalized spacial score (nSPS) is 8.36. The summed E-state index contributed by atoms with van der Waals surface area (Å²) in [7, 11) is 0. The Morgan fingerprint density at radius 2 is 1.73 bits per heavy atom. The Labute approximate surface area is 66.5 Å². The molecule has 0 N–H and O–H groups in total. The van der Waals surface area contributed by atoms with Gasteiger partial charge in [0.15, 0.2) is 5.82 Å². The van der Waals surface area contributed by atoms with E-state index in [4.69, 9.17) is 0 Å². The zero-order chi connectivity index (χ0) is 8.69. The highest BCUT2D eigenvalue weighted by molar-refractivity contribution is 4.90. The molecule has 0 aliphatic carbocycles. The van der Waals surface area contributed by atoms with Crippen LogP contribution in [0, 0.1) is 5.82 Å². The van der Waals surface area contributed by atoms with Gasteiger partial charge >= 0.3 is 0 Å². The van der Waals surface area contributed by atoms with Crippen LogP contribution in [0.2, 0.25) is 0 Å². The van der Waals surface area contributed by atoms with Crippen molar-refractivity contribution in [2.45, 2.75) is 27.2 Å². The molecule has 0 amide bonds. The molecule has 0 atom stereocenters. The van der Waals surface area contributed by atoms with Gasteiger partial charge in [-0.1, -0.05) is 20.8 Å². The Bertz CT molecular complexity index is 184. The number of halogens is 1. The molecule has 3 heteroatoms. The molecule has 2 nitrogen and oxygen atoms in total. The second-order valence-electron chi connectivity index (χ2n) is 1.67. The first-order valence-electron chi connectivity index (χ1n) is 3.79. The maximum atomic E-state index is 12.1. The highest BCUT2D eigenvalue weighted by Gasteiger charge is 1.90. The Morgan fingerprint density at radius 1 is 1.27 bits per heavy atom. The van der Waals surface area contributed by atoms with E-state index in [0.717, 1.165) is 6.42 Å². The molecular formula is C8H13FN2. The van der Waals surface area contributed by atoms with Crippen LogP contribution in [0.4, 0.5) is 4.39 Å². The van der Waals surface area contributed by atoms with Crippen LogP contribution in [-0.2, 0) is 6.42 Å². The Hall–Kier alpha value is -0.990. The number of aromatic nitrogens is 2. The van der Waals surface area contributed by atoms with Crippen LogP contribution in [0.15, 0.2) is 12.4 Å². The third kappa shape index (κ3) is 3.65. The van der Waals surface area contributed by atoms with Gasteiger partial charge in [0.2, 0.25) is 0 Å². The molecule has 0 spiro atoms. The summed E-state index contributed by atoms with van der Waals surface area (Å²) in [6, 6.07) is 0. The van der Waals surface area contributed by atoms with Crippen molar-refractivity contribution >= 4 is 0 Å². The molecule has 62 valence electrons. The van der Waals surface area contributed by atoms with Crippen LogP contribution in [0.25, 0.3) is 0 Å². The van der Waals surface area contributed by atoms with E-state index < -0.39 is 0 Å². The number of hydrogen-bond acceptors (Lipinski definition) is 2. The highest BCUT2D eigenvalue weighted by atomic mass is 19.1. The minimum atomic E-state index is -0.382. The molecule has 0 bridgehead atoms. The maximum Gasteiger partial charge on any atom is 0.159 e. The molecule has 0 aliphatic rings. The lowest BCUT2D eigenvalue weighted by Crippen LogP contribution is -1.91. The second-order valence-corrected chi connectivity index (χ2v) is 1.67. The zero-order valence-electron chi connectivity index (χ0n) is 7.13. The van der Waals surface area contributed by atoms with Crippen molar-refractivity contribution in [3.05, 3.63) is 24.0 Å². The monoisotopic (exact) mass is 156 g/mol. The van der Waals surface area contributed by atoms with E-state index in [9.17, 15) is 4.39 Å². The molecule has 0 saturated heterocycles. The van der Waals surface area contributed by atoms with Crippen molar-refractivity contribution in [3.63, 3.8) is 0 Å². The summed E-state index contributed by atoms with van der Waals surface area (Å²) < 4.78 is 12.1. The number of rotatable bonds is 1. The first-order chi connectivity index (χ1) is 5.33. The molecule has 0 aromatic carbocycles. The van der Waals surface area contributed by atoms with Gasteiger partial charge in [-0.2, -0.15) is 0 Å². The van der Waals surface area contributed by atoms with Crippen LogP contribution in [0.5, 0.6) is 0 Å². The standard InChI is InChI=1S/C6H7FN2.C2H6/c1-2-6-8-3-5(7)4-9-6;1-2/h3-4H,2H2,1H3;1-2H3. The second kappa shape index (κ2) is 5.77. The molecule has 0 radical (unpaired) electrons. The summed E-state index contributed by atoms with van der Waals surface area (Å²) in [6.45, 7) is 5.92. The van der Waals surface area contributed by atoms with E-state index in [1.165, 1.54) is 12.4 Å². The van der Waals surface area contributed by atoms with Crippen LogP contribution >= 0.6 is 0 Å². The van der Waals surface area contributed by atoms with Gasteiger partial charge in [0.1, 0.15) is 5.82 Å². The number of aryl methyl sites for hydroxylation is 1. The first kappa shape index (κ1) is 10.0. The van der Waals surface area contributed by atoms with E-state index in [-0.39, 0.29) is 5.82 Å². The summed E-state index contributed by atoms with van der Waals surface area (Å²) >= 11 is 0. The molecule has 0 fully saturated rings. The molecule has 0 aliphatic heterocycles. The number of nitrogens with zero attached hydrogens (tertiary/aromatic N) is 2. The minimum Gasteiger partial charge on any atom is -0.238 e. The average Bonchev–Trinajstić information content (AvgIpc) is 2.10. The van der Waals surface area contributed by atoms with Crippen molar-refractivity contribution in [1.29, 1.82) is 0 Å². The van der Waals surface area contributed by atoms with Crippen molar-refractivity contribution < 1.29 is 4.39 Å². The maximum absolute atomic E-state index is 12.1. The smallest absolute Gasteiger partial charge is 0.159 e. The van der Waals surface area contributed by atoms with Crippen LogP contribution in [0.3, 0.4) is 0 Å². The molecule has 1 aromatic rings. The number of hydrogen-bond donors (Lipinski definition) is 0. The summed E-state index contributed by atoms with van der Waals surface area (Å²) in [5.74, 6) is 0.295. The average molecular weight is 156 g/mol. The van der Waals surface area contributed by atoms with Gasteiger partial charge in [-0.3, -0.25) is 0 Å². The minimum absolute atomic E-state index is 0.382. The molecule has 1 rings (SSSR count). The molecule has 0 unspecified atom stereocenters. The fraction of sp³-hybridized carbons (Fsp3) is 0.500. The Morgan fingerprint density at radius 3 is 2.09 bits per heavy atom. The third-order valence-corrected chi connectivity index (χ3v) is 0.990. The van der Waals surface area contributed by atoms with E-state index in [2.05, 4.69) is 9.97 Å². The molecule has 0 saturated carbocycles. The van der Waals surface area contributed by atoms with Crippen molar-refractivity contribution in [1.82, 2.24) is 9.97 Å². The van der Waals surface area contributed by atoms with E-state index in [1.54, 1.807) is 0 Å². The van der Waals surface area contributed by atoms with Gasteiger partial charge in [0, 0.05) is 6.42 Å². The zero-order valence-corrected chi connectivity index (χ0v) is 7.13. The largest absolute Gasteiger partial charge is 0.238 e. The van der Waals surface area contributed by atoms with Crippen LogP contribution in [-0.4, -0.2) is 9.97 Å². The van der Waals surface area contributed by atoms with Crippen molar-refractivity contribution in [3.8, 4) is 0 Å². The molecule has 1 heterocycles. The van der Waals surface area contributed by atoms with Gasteiger partial charge in [-0.15, -0.1) is 0 Å². The fourth-order valence-electron chi connectivity index (χ4n) is 0.522. The molecule has 11 heavy (non-hydrogen) atoms. The quantitative estimate of drug-likeness (QED) is 0.623. The van der Waals surface area contributed by atoms with Crippen LogP contribution < -0.4 is 0 Å². The molecule has 1 aromatic heterocycles. The molecular weight excluding hydrogens is 143 g/mol. The fourth-order valence-corrected chi connectivity index (χ4v) is 0.522. The van der Waals surface area contributed by atoms with Gasteiger partial charge < -0.3 is 0 Å². The third-order valence-electron chi connectivity index (χ3n) is 0.990.